The van der Waals surface area contributed by atoms with Crippen LogP contribution in [0.1, 0.15) is 123 Å². The van der Waals surface area contributed by atoms with Crippen molar-refractivity contribution in [1.29, 1.82) is 0 Å². The molecule has 58 heavy (non-hydrogen) atoms. The van der Waals surface area contributed by atoms with E-state index in [1.165, 1.54) is 36.8 Å². The zero-order valence-corrected chi connectivity index (χ0v) is 33.3. The van der Waals surface area contributed by atoms with Gasteiger partial charge in [-0.1, -0.05) is 12.1 Å². The van der Waals surface area contributed by atoms with Gasteiger partial charge in [-0.15, -0.1) is 0 Å². The van der Waals surface area contributed by atoms with Gasteiger partial charge >= 0.3 is 0 Å². The average molecular weight is 776 g/mol. The summed E-state index contributed by atoms with van der Waals surface area (Å²) in [5, 5.41) is 14.1. The zero-order valence-electron chi connectivity index (χ0n) is 33.3. The molecule has 5 unspecified atom stereocenters. The summed E-state index contributed by atoms with van der Waals surface area (Å²) in [6, 6.07) is 21.3. The Balaban J connectivity index is 0.901. The number of aliphatic hydroxyl groups is 1. The summed E-state index contributed by atoms with van der Waals surface area (Å²) in [4.78, 5) is 29.6. The molecule has 6 aromatic heterocycles. The normalized spacial score (nSPS) is 25.3. The number of aromatic nitrogens is 8. The van der Waals surface area contributed by atoms with Crippen LogP contribution in [0.25, 0.3) is 45.3 Å². The molecule has 2 aliphatic heterocycles. The number of aliphatic hydroxyl groups excluding tert-OH is 1. The molecule has 3 aliphatic carbocycles. The van der Waals surface area contributed by atoms with E-state index < -0.39 is 5.95 Å². The molecule has 6 aromatic rings. The molecule has 5 aliphatic rings. The minimum atomic E-state index is -0.487. The van der Waals surface area contributed by atoms with Gasteiger partial charge in [-0.2, -0.15) is 4.39 Å². The van der Waals surface area contributed by atoms with Gasteiger partial charge in [0.1, 0.15) is 28.9 Å². The van der Waals surface area contributed by atoms with Crippen LogP contribution >= 0.6 is 0 Å². The van der Waals surface area contributed by atoms with Gasteiger partial charge in [-0.05, 0) is 139 Å². The predicted molar refractivity (Wildman–Crippen MR) is 222 cm³/mol. The molecule has 0 amide bonds. The van der Waals surface area contributed by atoms with E-state index in [0.29, 0.717) is 29.8 Å². The van der Waals surface area contributed by atoms with Crippen molar-refractivity contribution in [3.8, 4) is 45.3 Å². The number of halogens is 1. The first-order valence-corrected chi connectivity index (χ1v) is 21.5. The van der Waals surface area contributed by atoms with Crippen molar-refractivity contribution in [2.24, 2.45) is 5.92 Å². The highest BCUT2D eigenvalue weighted by molar-refractivity contribution is 5.80. The number of aryl methyl sites for hydroxylation is 3. The maximum Gasteiger partial charge on any atom is 0.213 e. The summed E-state index contributed by atoms with van der Waals surface area (Å²) in [5.41, 5.74) is 10.7. The molecule has 0 aromatic carbocycles. The molecule has 8 heterocycles. The van der Waals surface area contributed by atoms with Crippen molar-refractivity contribution >= 4 is 5.82 Å². The van der Waals surface area contributed by atoms with Crippen LogP contribution in [-0.2, 0) is 6.42 Å². The second-order valence-corrected chi connectivity index (χ2v) is 17.7. The Labute approximate surface area is 338 Å². The standard InChI is InChI=1S/C47H50FN9O/c1-26-6-3-10-38(50-26)42-44(29-18-19-49-40(48)23-29)57-35-21-28(37(25-35)47(57)55-42)8-5-9-33-20-31(24-41(53-33)52-32-13-16-36(58)17-14-32)45-43(39-11-4-7-27(2)51-39)54-46-30-12-15-34(22-30)56(45)46/h3-4,6-7,10-11,18-20,23-24,28,30,32,34-37,58H,5,8-9,12-17,21-22,25H2,1-2H3,(H,52,53). The summed E-state index contributed by atoms with van der Waals surface area (Å²) in [6.45, 7) is 4.05. The van der Waals surface area contributed by atoms with Crippen LogP contribution in [0.5, 0.6) is 0 Å². The van der Waals surface area contributed by atoms with E-state index in [2.05, 4.69) is 56.7 Å². The Morgan fingerprint density at radius 2 is 1.45 bits per heavy atom. The van der Waals surface area contributed by atoms with E-state index >= 15 is 0 Å². The number of nitrogens with one attached hydrogen (secondary N) is 1. The Bertz CT molecular complexity index is 2540. The van der Waals surface area contributed by atoms with Crippen LogP contribution < -0.4 is 5.32 Å². The first-order chi connectivity index (χ1) is 28.3. The molecule has 0 saturated heterocycles. The number of pyridine rings is 4. The first-order valence-electron chi connectivity index (χ1n) is 21.5. The van der Waals surface area contributed by atoms with Crippen molar-refractivity contribution < 1.29 is 9.50 Å². The third-order valence-corrected chi connectivity index (χ3v) is 13.8. The third kappa shape index (κ3) is 6.24. The van der Waals surface area contributed by atoms with Gasteiger partial charge in [0.15, 0.2) is 0 Å². The molecule has 4 bridgehead atoms. The van der Waals surface area contributed by atoms with Crippen molar-refractivity contribution in [3.05, 3.63) is 102 Å². The number of anilines is 1. The zero-order chi connectivity index (χ0) is 39.1. The largest absolute Gasteiger partial charge is 0.393 e. The Hall–Kier alpha value is -5.29. The minimum absolute atomic E-state index is 0.206. The number of hydrogen-bond acceptors (Lipinski definition) is 8. The fraction of sp³-hybridized carbons (Fsp3) is 0.447. The van der Waals surface area contributed by atoms with Crippen molar-refractivity contribution in [3.63, 3.8) is 0 Å². The Kier molecular flexibility index (Phi) is 8.79. The summed E-state index contributed by atoms with van der Waals surface area (Å²) in [6.07, 6.45) is 13.6. The Morgan fingerprint density at radius 3 is 2.19 bits per heavy atom. The maximum atomic E-state index is 14.5. The SMILES string of the molecule is Cc1cccc(-c2nc3n(c2-c2cc(CCCC4CC5CC4c4nc(-c6cccc(C)n6)c(-c6ccnc(F)c6)n45)nc(NC4CCC(O)CC4)c2)C2CCC3C2)n1. The number of nitrogens with zero attached hydrogens (tertiary/aromatic N) is 8. The highest BCUT2D eigenvalue weighted by atomic mass is 19.1. The molecule has 11 heteroatoms. The average Bonchev–Trinajstić information content (AvgIpc) is 4.07. The second-order valence-electron chi connectivity index (χ2n) is 17.7. The number of hydrogen-bond donors (Lipinski definition) is 2. The molecule has 3 saturated carbocycles. The lowest BCUT2D eigenvalue weighted by Gasteiger charge is -2.27. The summed E-state index contributed by atoms with van der Waals surface area (Å²) in [5.74, 6) is 4.12. The van der Waals surface area contributed by atoms with Crippen molar-refractivity contribution in [2.45, 2.75) is 127 Å². The molecular weight excluding hydrogens is 726 g/mol. The molecule has 296 valence electrons. The van der Waals surface area contributed by atoms with Crippen LogP contribution in [-0.4, -0.2) is 56.3 Å². The highest BCUT2D eigenvalue weighted by Crippen LogP contribution is 2.57. The second kappa shape index (κ2) is 14.2. The molecule has 0 radical (unpaired) electrons. The smallest absolute Gasteiger partial charge is 0.213 e. The first kappa shape index (κ1) is 35.8. The van der Waals surface area contributed by atoms with E-state index in [4.69, 9.17) is 24.9 Å². The molecule has 0 spiro atoms. The lowest BCUT2D eigenvalue weighted by Crippen LogP contribution is -2.28. The lowest BCUT2D eigenvalue weighted by atomic mass is 9.89. The number of fused-ring (bicyclic) bond motifs is 10. The molecule has 10 nitrogen and oxygen atoms in total. The van der Waals surface area contributed by atoms with Gasteiger partial charge in [-0.3, -0.25) is 9.97 Å². The summed E-state index contributed by atoms with van der Waals surface area (Å²) >= 11 is 0. The van der Waals surface area contributed by atoms with Crippen molar-refractivity contribution in [2.75, 3.05) is 5.32 Å². The van der Waals surface area contributed by atoms with Gasteiger partial charge in [0, 0.05) is 70.4 Å². The number of rotatable bonds is 10. The topological polar surface area (TPSA) is 119 Å². The van der Waals surface area contributed by atoms with E-state index in [1.54, 1.807) is 6.20 Å². The summed E-state index contributed by atoms with van der Waals surface area (Å²) < 4.78 is 19.5. The fourth-order valence-electron chi connectivity index (χ4n) is 11.3. The van der Waals surface area contributed by atoms with Crippen LogP contribution in [0, 0.1) is 25.7 Å². The minimum Gasteiger partial charge on any atom is -0.393 e. The quantitative estimate of drug-likeness (QED) is 0.132. The fourth-order valence-corrected chi connectivity index (χ4v) is 11.3. The maximum absolute atomic E-state index is 14.5. The predicted octanol–water partition coefficient (Wildman–Crippen LogP) is 9.69. The van der Waals surface area contributed by atoms with E-state index in [1.807, 2.05) is 31.2 Å². The van der Waals surface area contributed by atoms with Gasteiger partial charge in [-0.25, -0.2) is 19.9 Å². The molecule has 2 N–H and O–H groups in total. The van der Waals surface area contributed by atoms with Crippen LogP contribution in [0.4, 0.5) is 10.2 Å². The number of imidazole rings is 2. The molecular formula is C47H50FN9O. The summed E-state index contributed by atoms with van der Waals surface area (Å²) in [7, 11) is 0. The monoisotopic (exact) mass is 775 g/mol. The van der Waals surface area contributed by atoms with Gasteiger partial charge in [0.2, 0.25) is 5.95 Å². The molecule has 3 fully saturated rings. The molecule has 5 atom stereocenters. The molecule has 11 rings (SSSR count). The van der Waals surface area contributed by atoms with Crippen LogP contribution in [0.3, 0.4) is 0 Å². The van der Waals surface area contributed by atoms with Gasteiger partial charge < -0.3 is 19.6 Å². The van der Waals surface area contributed by atoms with Crippen LogP contribution in [0.15, 0.2) is 66.9 Å². The van der Waals surface area contributed by atoms with Crippen molar-refractivity contribution in [1.82, 2.24) is 39.0 Å². The van der Waals surface area contributed by atoms with Crippen LogP contribution in [0.2, 0.25) is 0 Å². The van der Waals surface area contributed by atoms with Gasteiger partial charge in [0.05, 0.1) is 28.9 Å². The third-order valence-electron chi connectivity index (χ3n) is 13.8. The lowest BCUT2D eigenvalue weighted by molar-refractivity contribution is 0.126. The Morgan fingerprint density at radius 1 is 0.724 bits per heavy atom. The van der Waals surface area contributed by atoms with E-state index in [0.717, 1.165) is 126 Å². The van der Waals surface area contributed by atoms with Gasteiger partial charge in [0.25, 0.3) is 0 Å². The van der Waals surface area contributed by atoms with E-state index in [9.17, 15) is 9.50 Å². The highest BCUT2D eigenvalue weighted by Gasteiger charge is 2.47. The van der Waals surface area contributed by atoms with E-state index in [-0.39, 0.29) is 12.1 Å².